The van der Waals surface area contributed by atoms with Crippen molar-refractivity contribution in [3.05, 3.63) is 107 Å². The molecule has 0 aliphatic carbocycles. The van der Waals surface area contributed by atoms with Crippen molar-refractivity contribution in [2.24, 2.45) is 0 Å². The minimum Gasteiger partial charge on any atom is -0.357 e. The summed E-state index contributed by atoms with van der Waals surface area (Å²) in [5.74, 6) is -0.321. The minimum atomic E-state index is -0.546. The van der Waals surface area contributed by atoms with Gasteiger partial charge in [-0.25, -0.2) is 0 Å². The van der Waals surface area contributed by atoms with Crippen LogP contribution in [0.1, 0.15) is 42.4 Å². The summed E-state index contributed by atoms with van der Waals surface area (Å²) in [6.07, 6.45) is 0.801. The van der Waals surface area contributed by atoms with E-state index in [-0.39, 0.29) is 24.2 Å². The van der Waals surface area contributed by atoms with Crippen LogP contribution in [-0.2, 0) is 16.1 Å². The molecule has 0 bridgehead atoms. The Morgan fingerprint density at radius 3 is 1.88 bits per heavy atom. The number of likely N-dealkylation sites (N-methyl/N-ethyl adjacent to an activating group) is 1. The summed E-state index contributed by atoms with van der Waals surface area (Å²) in [4.78, 5) is 28.0. The van der Waals surface area contributed by atoms with E-state index in [2.05, 4.69) is 5.32 Å². The largest absolute Gasteiger partial charge is 0.357 e. The molecule has 5 heteroatoms. The highest BCUT2D eigenvalue weighted by atomic mass is 35.5. The van der Waals surface area contributed by atoms with Crippen LogP contribution in [0.15, 0.2) is 84.9 Å². The zero-order chi connectivity index (χ0) is 22.9. The van der Waals surface area contributed by atoms with Crippen LogP contribution in [0, 0.1) is 0 Å². The van der Waals surface area contributed by atoms with Gasteiger partial charge in [0.05, 0.1) is 0 Å². The molecule has 1 N–H and O–H groups in total. The summed E-state index contributed by atoms with van der Waals surface area (Å²) >= 11 is 6.03. The second kappa shape index (κ2) is 11.5. The summed E-state index contributed by atoms with van der Waals surface area (Å²) in [5, 5.41) is 3.35. The highest BCUT2D eigenvalue weighted by Gasteiger charge is 2.30. The molecule has 0 radical (unpaired) electrons. The average Bonchev–Trinajstić information content (AvgIpc) is 2.84. The number of nitrogens with one attached hydrogen (secondary N) is 1. The number of hydrogen-bond acceptors (Lipinski definition) is 2. The topological polar surface area (TPSA) is 49.4 Å². The van der Waals surface area contributed by atoms with E-state index in [9.17, 15) is 9.59 Å². The molecule has 0 spiro atoms. The summed E-state index contributed by atoms with van der Waals surface area (Å²) in [7, 11) is 1.60. The maximum atomic E-state index is 13.7. The van der Waals surface area contributed by atoms with Crippen molar-refractivity contribution in [1.29, 1.82) is 0 Å². The van der Waals surface area contributed by atoms with Crippen LogP contribution in [0.25, 0.3) is 0 Å². The molecule has 0 fully saturated rings. The maximum absolute atomic E-state index is 13.7. The Hall–Kier alpha value is -3.11. The Balaban J connectivity index is 1.94. The minimum absolute atomic E-state index is 0.0619. The molecule has 166 valence electrons. The average molecular weight is 449 g/mol. The van der Waals surface area contributed by atoms with Crippen LogP contribution in [0.5, 0.6) is 0 Å². The lowest BCUT2D eigenvalue weighted by atomic mass is 9.88. The van der Waals surface area contributed by atoms with Crippen molar-refractivity contribution in [2.45, 2.75) is 38.3 Å². The Morgan fingerprint density at radius 1 is 0.875 bits per heavy atom. The van der Waals surface area contributed by atoms with Gasteiger partial charge in [-0.15, -0.1) is 0 Å². The number of carbonyl (C=O) groups excluding carboxylic acids is 2. The van der Waals surface area contributed by atoms with E-state index < -0.39 is 6.04 Å². The van der Waals surface area contributed by atoms with E-state index >= 15 is 0 Å². The molecule has 0 aliphatic heterocycles. The lowest BCUT2D eigenvalue weighted by Crippen LogP contribution is -2.48. The van der Waals surface area contributed by atoms with Gasteiger partial charge in [-0.3, -0.25) is 9.59 Å². The number of carbonyl (C=O) groups is 2. The first kappa shape index (κ1) is 23.6. The fraction of sp³-hybridized carbons (Fsp3) is 0.259. The predicted octanol–water partition coefficient (Wildman–Crippen LogP) is 5.42. The maximum Gasteiger partial charge on any atom is 0.242 e. The molecular weight excluding hydrogens is 420 g/mol. The van der Waals surface area contributed by atoms with Crippen LogP contribution >= 0.6 is 11.6 Å². The van der Waals surface area contributed by atoms with Gasteiger partial charge in [-0.2, -0.15) is 0 Å². The van der Waals surface area contributed by atoms with Gasteiger partial charge < -0.3 is 10.2 Å². The number of halogens is 1. The molecule has 1 atom stereocenters. The number of rotatable bonds is 9. The third-order valence-electron chi connectivity index (χ3n) is 5.68. The number of amides is 2. The SMILES string of the molecule is CC[C@@H](C(=O)NC)N(Cc1ccc(Cl)cc1)C(=O)CC(c1ccccc1)c1ccccc1. The van der Waals surface area contributed by atoms with E-state index in [1.165, 1.54) is 0 Å². The Labute approximate surface area is 195 Å². The van der Waals surface area contributed by atoms with Crippen molar-refractivity contribution in [2.75, 3.05) is 7.05 Å². The molecule has 0 heterocycles. The molecule has 0 saturated carbocycles. The van der Waals surface area contributed by atoms with Crippen LogP contribution < -0.4 is 5.32 Å². The van der Waals surface area contributed by atoms with E-state index in [1.54, 1.807) is 24.1 Å². The Kier molecular flexibility index (Phi) is 8.46. The molecule has 4 nitrogen and oxygen atoms in total. The number of hydrogen-bond donors (Lipinski definition) is 1. The van der Waals surface area contributed by atoms with E-state index in [1.807, 2.05) is 79.7 Å². The van der Waals surface area contributed by atoms with Gasteiger partial charge in [-0.05, 0) is 35.2 Å². The van der Waals surface area contributed by atoms with Crippen molar-refractivity contribution in [3.63, 3.8) is 0 Å². The van der Waals surface area contributed by atoms with Crippen LogP contribution in [-0.4, -0.2) is 29.8 Å². The standard InChI is InChI=1S/C27H29ClN2O2/c1-3-25(27(32)29-2)30(19-20-14-16-23(28)17-15-20)26(31)18-24(21-10-6-4-7-11-21)22-12-8-5-9-13-22/h4-17,24-25H,3,18-19H2,1-2H3,(H,29,32)/t25-/m0/s1. The zero-order valence-electron chi connectivity index (χ0n) is 18.5. The van der Waals surface area contributed by atoms with Gasteiger partial charge >= 0.3 is 0 Å². The Morgan fingerprint density at radius 2 is 1.41 bits per heavy atom. The second-order valence-electron chi connectivity index (χ2n) is 7.76. The molecule has 0 unspecified atom stereocenters. The predicted molar refractivity (Wildman–Crippen MR) is 129 cm³/mol. The van der Waals surface area contributed by atoms with Gasteiger partial charge in [0.1, 0.15) is 6.04 Å². The first-order chi connectivity index (χ1) is 15.5. The monoisotopic (exact) mass is 448 g/mol. The normalized spacial score (nSPS) is 11.8. The van der Waals surface area contributed by atoms with Crippen molar-refractivity contribution in [1.82, 2.24) is 10.2 Å². The second-order valence-corrected chi connectivity index (χ2v) is 8.20. The van der Waals surface area contributed by atoms with Gasteiger partial charge in [0.15, 0.2) is 0 Å². The lowest BCUT2D eigenvalue weighted by molar-refractivity contribution is -0.141. The van der Waals surface area contributed by atoms with Crippen molar-refractivity contribution >= 4 is 23.4 Å². The quantitative estimate of drug-likeness (QED) is 0.475. The molecule has 3 aromatic carbocycles. The van der Waals surface area contributed by atoms with Crippen molar-refractivity contribution in [3.8, 4) is 0 Å². The highest BCUT2D eigenvalue weighted by molar-refractivity contribution is 6.30. The molecule has 3 aromatic rings. The fourth-order valence-electron chi connectivity index (χ4n) is 3.96. The zero-order valence-corrected chi connectivity index (χ0v) is 19.3. The smallest absolute Gasteiger partial charge is 0.242 e. The van der Waals surface area contributed by atoms with E-state index in [0.717, 1.165) is 16.7 Å². The molecule has 3 rings (SSSR count). The number of benzene rings is 3. The van der Waals surface area contributed by atoms with Gasteiger partial charge in [-0.1, -0.05) is 91.3 Å². The van der Waals surface area contributed by atoms with Gasteiger partial charge in [0.25, 0.3) is 0 Å². The third kappa shape index (κ3) is 5.98. The summed E-state index contributed by atoms with van der Waals surface area (Å²) in [5.41, 5.74) is 3.08. The Bertz CT molecular complexity index is 967. The molecule has 2 amide bonds. The summed E-state index contributed by atoms with van der Waals surface area (Å²) in [6, 6.07) is 26.9. The first-order valence-electron chi connectivity index (χ1n) is 10.9. The lowest BCUT2D eigenvalue weighted by Gasteiger charge is -2.32. The first-order valence-corrected chi connectivity index (χ1v) is 11.3. The third-order valence-corrected chi connectivity index (χ3v) is 5.93. The van der Waals surface area contributed by atoms with E-state index in [4.69, 9.17) is 11.6 Å². The molecule has 0 aromatic heterocycles. The van der Waals surface area contributed by atoms with Gasteiger partial charge in [0.2, 0.25) is 11.8 Å². The van der Waals surface area contributed by atoms with Crippen LogP contribution in [0.4, 0.5) is 0 Å². The van der Waals surface area contributed by atoms with Crippen LogP contribution in [0.3, 0.4) is 0 Å². The number of nitrogens with zero attached hydrogens (tertiary/aromatic N) is 1. The van der Waals surface area contributed by atoms with Gasteiger partial charge in [0, 0.05) is 31.0 Å². The fourth-order valence-corrected chi connectivity index (χ4v) is 4.09. The van der Waals surface area contributed by atoms with E-state index in [0.29, 0.717) is 18.0 Å². The van der Waals surface area contributed by atoms with Crippen LogP contribution in [0.2, 0.25) is 5.02 Å². The van der Waals surface area contributed by atoms with Crippen molar-refractivity contribution < 1.29 is 9.59 Å². The summed E-state index contributed by atoms with van der Waals surface area (Å²) < 4.78 is 0. The molecule has 0 aliphatic rings. The highest BCUT2D eigenvalue weighted by Crippen LogP contribution is 2.29. The molecule has 32 heavy (non-hydrogen) atoms. The molecule has 0 saturated heterocycles. The summed E-state index contributed by atoms with van der Waals surface area (Å²) in [6.45, 7) is 2.27. The molecular formula is C27H29ClN2O2.